The predicted molar refractivity (Wildman–Crippen MR) is 88.8 cm³/mol. The van der Waals surface area contributed by atoms with Gasteiger partial charge in [0.25, 0.3) is 5.69 Å². The van der Waals surface area contributed by atoms with Gasteiger partial charge in [0.2, 0.25) is 0 Å². The molecule has 0 heterocycles. The Morgan fingerprint density at radius 3 is 2.50 bits per heavy atom. The van der Waals surface area contributed by atoms with E-state index in [2.05, 4.69) is 5.32 Å². The summed E-state index contributed by atoms with van der Waals surface area (Å²) in [5.74, 6) is -0.158. The molecule has 0 saturated heterocycles. The number of carbonyl (C=O) groups is 1. The van der Waals surface area contributed by atoms with Crippen LogP contribution in [0.25, 0.3) is 0 Å². The first-order chi connectivity index (χ1) is 12.2. The molecule has 6 nitrogen and oxygen atoms in total. The zero-order valence-corrected chi connectivity index (χ0v) is 14.3. The van der Waals surface area contributed by atoms with E-state index >= 15 is 0 Å². The largest absolute Gasteiger partial charge is 0.469 e. The fraction of sp³-hybridized carbons (Fsp3) is 0.588. The second-order valence-electron chi connectivity index (χ2n) is 6.52. The second kappa shape index (κ2) is 8.37. The number of nitro benzene ring substituents is 1. The molecule has 1 aliphatic carbocycles. The van der Waals surface area contributed by atoms with Crippen molar-refractivity contribution in [3.8, 4) is 0 Å². The number of carbonyl (C=O) groups excluding carboxylic acids is 1. The van der Waals surface area contributed by atoms with Crippen molar-refractivity contribution in [1.82, 2.24) is 0 Å². The number of halogens is 3. The van der Waals surface area contributed by atoms with Crippen LogP contribution in [0.2, 0.25) is 0 Å². The maximum atomic E-state index is 12.5. The quantitative estimate of drug-likeness (QED) is 0.461. The van der Waals surface area contributed by atoms with Crippen molar-refractivity contribution in [1.29, 1.82) is 0 Å². The Bertz CT molecular complexity index is 656. The highest BCUT2D eigenvalue weighted by molar-refractivity contribution is 5.72. The molecular weight excluding hydrogens is 353 g/mol. The fourth-order valence-corrected chi connectivity index (χ4v) is 3.25. The van der Waals surface area contributed by atoms with Gasteiger partial charge in [-0.3, -0.25) is 14.9 Å². The van der Waals surface area contributed by atoms with Gasteiger partial charge in [-0.05, 0) is 43.2 Å². The second-order valence-corrected chi connectivity index (χ2v) is 6.52. The molecule has 1 N–H and O–H groups in total. The zero-order valence-electron chi connectivity index (χ0n) is 14.3. The summed E-state index contributed by atoms with van der Waals surface area (Å²) in [6, 6.07) is 3.40. The first-order valence-electron chi connectivity index (χ1n) is 8.35. The van der Waals surface area contributed by atoms with E-state index in [0.717, 1.165) is 25.0 Å². The predicted octanol–water partition coefficient (Wildman–Crippen LogP) is 4.09. The highest BCUT2D eigenvalue weighted by Gasteiger charge is 2.29. The lowest BCUT2D eigenvalue weighted by Gasteiger charge is -2.27. The first kappa shape index (κ1) is 20.0. The number of hydrogen-bond donors (Lipinski definition) is 1. The summed E-state index contributed by atoms with van der Waals surface area (Å²) in [7, 11) is 1.35. The van der Waals surface area contributed by atoms with Crippen LogP contribution in [0.4, 0.5) is 24.5 Å². The molecule has 26 heavy (non-hydrogen) atoms. The molecule has 0 bridgehead atoms. The van der Waals surface area contributed by atoms with Crippen molar-refractivity contribution in [3.05, 3.63) is 33.9 Å². The zero-order chi connectivity index (χ0) is 19.3. The summed E-state index contributed by atoms with van der Waals surface area (Å²) in [5, 5.41) is 14.0. The third-order valence-corrected chi connectivity index (χ3v) is 4.62. The van der Waals surface area contributed by atoms with Crippen LogP contribution in [0.5, 0.6) is 0 Å². The number of esters is 1. The normalized spacial score (nSPS) is 20.5. The van der Waals surface area contributed by atoms with E-state index in [0.29, 0.717) is 19.4 Å². The number of nitrogens with zero attached hydrogens (tertiary/aromatic N) is 1. The van der Waals surface area contributed by atoms with Gasteiger partial charge in [-0.15, -0.1) is 0 Å². The average Bonchev–Trinajstić information content (AvgIpc) is 2.58. The summed E-state index contributed by atoms with van der Waals surface area (Å²) in [6.45, 7) is 0.407. The van der Waals surface area contributed by atoms with Gasteiger partial charge in [0.05, 0.1) is 24.4 Å². The topological polar surface area (TPSA) is 81.5 Å². The van der Waals surface area contributed by atoms with Crippen molar-refractivity contribution in [2.24, 2.45) is 11.8 Å². The number of alkyl halides is 3. The van der Waals surface area contributed by atoms with Crippen LogP contribution in [0.3, 0.4) is 0 Å². The van der Waals surface area contributed by atoms with E-state index in [-0.39, 0.29) is 34.7 Å². The molecule has 1 aromatic carbocycles. The van der Waals surface area contributed by atoms with Crippen LogP contribution in [0.1, 0.15) is 31.2 Å². The molecule has 1 aliphatic rings. The van der Waals surface area contributed by atoms with Crippen molar-refractivity contribution in [2.75, 3.05) is 19.0 Å². The van der Waals surface area contributed by atoms with Crippen LogP contribution in [0.15, 0.2) is 18.2 Å². The lowest BCUT2D eigenvalue weighted by atomic mass is 9.82. The van der Waals surface area contributed by atoms with Crippen molar-refractivity contribution in [2.45, 2.75) is 38.3 Å². The number of ether oxygens (including phenoxy) is 1. The highest BCUT2D eigenvalue weighted by atomic mass is 19.4. The molecular formula is C17H21F3N2O4. The lowest BCUT2D eigenvalue weighted by Crippen LogP contribution is -2.26. The maximum Gasteiger partial charge on any atom is 0.393 e. The Labute approximate surface area is 148 Å². The van der Waals surface area contributed by atoms with Crippen molar-refractivity contribution >= 4 is 17.3 Å². The number of benzene rings is 1. The molecule has 9 heteroatoms. The Morgan fingerprint density at radius 1 is 1.31 bits per heavy atom. The first-order valence-corrected chi connectivity index (χ1v) is 8.35. The van der Waals surface area contributed by atoms with E-state index < -0.39 is 17.5 Å². The number of hydrogen-bond acceptors (Lipinski definition) is 5. The van der Waals surface area contributed by atoms with Crippen LogP contribution in [-0.2, 0) is 16.0 Å². The van der Waals surface area contributed by atoms with E-state index in [1.165, 1.54) is 13.2 Å². The smallest absolute Gasteiger partial charge is 0.393 e. The Kier molecular flexibility index (Phi) is 6.44. The van der Waals surface area contributed by atoms with Gasteiger partial charge in [-0.2, -0.15) is 13.2 Å². The molecule has 1 aromatic rings. The van der Waals surface area contributed by atoms with Crippen LogP contribution in [-0.4, -0.2) is 30.7 Å². The van der Waals surface area contributed by atoms with Crippen LogP contribution in [0, 0.1) is 22.0 Å². The van der Waals surface area contributed by atoms with Crippen LogP contribution < -0.4 is 5.32 Å². The van der Waals surface area contributed by atoms with E-state index in [4.69, 9.17) is 4.74 Å². The standard InChI is InChI=1S/C17H21F3N2O4/c1-26-16(23)13-5-2-11(3-6-13)10-21-14-8-12(9-17(18,19)20)4-7-15(14)22(24)25/h4,7-8,11,13,21H,2-3,5-6,9-10H2,1H3. The number of nitrogens with one attached hydrogen (secondary N) is 1. The molecule has 0 radical (unpaired) electrons. The molecule has 0 aliphatic heterocycles. The molecule has 0 atom stereocenters. The molecule has 0 unspecified atom stereocenters. The van der Waals surface area contributed by atoms with E-state index in [9.17, 15) is 28.1 Å². The fourth-order valence-electron chi connectivity index (χ4n) is 3.25. The van der Waals surface area contributed by atoms with Gasteiger partial charge in [0.1, 0.15) is 5.69 Å². The Morgan fingerprint density at radius 2 is 1.96 bits per heavy atom. The number of rotatable bonds is 6. The summed E-state index contributed by atoms with van der Waals surface area (Å²) in [5.41, 5.74) is -0.189. The minimum Gasteiger partial charge on any atom is -0.469 e. The molecule has 144 valence electrons. The number of anilines is 1. The Hall–Kier alpha value is -2.32. The van der Waals surface area contributed by atoms with Crippen LogP contribution >= 0.6 is 0 Å². The summed E-state index contributed by atoms with van der Waals surface area (Å²) < 4.78 is 42.4. The average molecular weight is 374 g/mol. The van der Waals surface area contributed by atoms with Crippen molar-refractivity contribution in [3.63, 3.8) is 0 Å². The molecule has 0 spiro atoms. The van der Waals surface area contributed by atoms with Gasteiger partial charge in [-0.25, -0.2) is 0 Å². The van der Waals surface area contributed by atoms with Gasteiger partial charge in [0, 0.05) is 12.6 Å². The van der Waals surface area contributed by atoms with Gasteiger partial charge < -0.3 is 10.1 Å². The third-order valence-electron chi connectivity index (χ3n) is 4.62. The van der Waals surface area contributed by atoms with Crippen molar-refractivity contribution < 1.29 is 27.6 Å². The molecule has 0 amide bonds. The summed E-state index contributed by atoms with van der Waals surface area (Å²) >= 11 is 0. The number of methoxy groups -OCH3 is 1. The van der Waals surface area contributed by atoms with E-state index in [1.807, 2.05) is 0 Å². The van der Waals surface area contributed by atoms with Gasteiger partial charge in [-0.1, -0.05) is 6.07 Å². The highest BCUT2D eigenvalue weighted by Crippen LogP contribution is 2.32. The Balaban J connectivity index is 2.00. The number of nitro groups is 1. The molecule has 1 fully saturated rings. The van der Waals surface area contributed by atoms with E-state index in [1.54, 1.807) is 0 Å². The molecule has 2 rings (SSSR count). The monoisotopic (exact) mass is 374 g/mol. The van der Waals surface area contributed by atoms with Gasteiger partial charge >= 0.3 is 12.1 Å². The maximum absolute atomic E-state index is 12.5. The SMILES string of the molecule is COC(=O)C1CCC(CNc2cc(CC(F)(F)F)ccc2[N+](=O)[O-])CC1. The molecule has 0 aromatic heterocycles. The minimum absolute atomic E-state index is 0.0278. The summed E-state index contributed by atoms with van der Waals surface area (Å²) in [4.78, 5) is 22.0. The van der Waals surface area contributed by atoms with Gasteiger partial charge in [0.15, 0.2) is 0 Å². The third kappa shape index (κ3) is 5.60. The molecule has 1 saturated carbocycles. The lowest BCUT2D eigenvalue weighted by molar-refractivity contribution is -0.384. The minimum atomic E-state index is -4.38. The summed E-state index contributed by atoms with van der Waals surface area (Å²) in [6.07, 6.45) is -2.65.